The molecule has 0 fully saturated rings. The minimum Gasteiger partial charge on any atom is -0.466 e. The van der Waals surface area contributed by atoms with E-state index in [1.807, 2.05) is 30.3 Å². The predicted octanol–water partition coefficient (Wildman–Crippen LogP) is 2.87. The molecule has 0 N–H and O–H groups in total. The van der Waals surface area contributed by atoms with Gasteiger partial charge in [0.05, 0.1) is 26.4 Å². The Morgan fingerprint density at radius 2 is 1.63 bits per heavy atom. The molecule has 1 heterocycles. The van der Waals surface area contributed by atoms with Gasteiger partial charge in [0.25, 0.3) is 0 Å². The predicted molar refractivity (Wildman–Crippen MR) is 97.3 cm³/mol. The number of hydrogen-bond acceptors (Lipinski definition) is 7. The van der Waals surface area contributed by atoms with E-state index >= 15 is 0 Å². The zero-order chi connectivity index (χ0) is 19.2. The number of nitrogens with zero attached hydrogens (tertiary/aromatic N) is 1. The summed E-state index contributed by atoms with van der Waals surface area (Å²) < 4.78 is 20.9. The zero-order valence-electron chi connectivity index (χ0n) is 15.0. The van der Waals surface area contributed by atoms with Crippen molar-refractivity contribution in [1.29, 1.82) is 0 Å². The average molecular weight is 369 g/mol. The maximum absolute atomic E-state index is 12.3. The molecule has 2 aromatic carbocycles. The smallest absolute Gasteiger partial charge is 0.355 e. The molecule has 0 spiro atoms. The number of carbonyl (C=O) groups is 2. The van der Waals surface area contributed by atoms with Crippen LogP contribution in [0.2, 0.25) is 0 Å². The molecule has 27 heavy (non-hydrogen) atoms. The summed E-state index contributed by atoms with van der Waals surface area (Å²) in [7, 11) is 2.50. The molecule has 0 saturated heterocycles. The van der Waals surface area contributed by atoms with E-state index in [-0.39, 0.29) is 24.6 Å². The molecule has 0 unspecified atom stereocenters. The van der Waals surface area contributed by atoms with Crippen LogP contribution in [0.15, 0.2) is 65.9 Å². The van der Waals surface area contributed by atoms with E-state index in [9.17, 15) is 9.59 Å². The molecule has 7 heteroatoms. The molecule has 1 aliphatic rings. The lowest BCUT2D eigenvalue weighted by molar-refractivity contribution is -0.140. The maximum atomic E-state index is 12.3. The zero-order valence-corrected chi connectivity index (χ0v) is 15.0. The summed E-state index contributed by atoms with van der Waals surface area (Å²) >= 11 is 0. The third kappa shape index (κ3) is 4.09. The molecule has 0 atom stereocenters. The molecule has 0 bridgehead atoms. The Morgan fingerprint density at radius 1 is 0.926 bits per heavy atom. The first-order valence-electron chi connectivity index (χ1n) is 8.22. The standard InChI is InChI=1S/C20H19NO6/c1-24-19(22)17-12-26-13-21(18(17)20(23)25-2)14-7-6-10-16(11-14)27-15-8-4-3-5-9-15/h3-11H,12-13H2,1-2H3. The number of para-hydroxylation sites is 1. The van der Waals surface area contributed by atoms with Crippen LogP contribution in [0.4, 0.5) is 5.69 Å². The van der Waals surface area contributed by atoms with Gasteiger partial charge in [0, 0.05) is 11.8 Å². The van der Waals surface area contributed by atoms with E-state index in [1.54, 1.807) is 29.2 Å². The second kappa shape index (κ2) is 8.37. The highest BCUT2D eigenvalue weighted by molar-refractivity contribution is 6.03. The number of esters is 2. The Kier molecular flexibility index (Phi) is 5.73. The Hall–Kier alpha value is -3.32. The molecule has 0 aromatic heterocycles. The highest BCUT2D eigenvalue weighted by atomic mass is 16.5. The normalized spacial score (nSPS) is 13.9. The lowest BCUT2D eigenvalue weighted by Gasteiger charge is -2.31. The van der Waals surface area contributed by atoms with Gasteiger partial charge in [-0.05, 0) is 24.3 Å². The molecule has 2 aromatic rings. The van der Waals surface area contributed by atoms with Gasteiger partial charge >= 0.3 is 11.9 Å². The van der Waals surface area contributed by atoms with Crippen LogP contribution in [0, 0.1) is 0 Å². The summed E-state index contributed by atoms with van der Waals surface area (Å²) in [5.41, 5.74) is 0.808. The second-order valence-corrected chi connectivity index (χ2v) is 5.63. The van der Waals surface area contributed by atoms with Crippen LogP contribution in [-0.2, 0) is 23.8 Å². The number of benzene rings is 2. The van der Waals surface area contributed by atoms with Gasteiger partial charge in [-0.2, -0.15) is 0 Å². The summed E-state index contributed by atoms with van der Waals surface area (Å²) in [5.74, 6) is -0.0264. The number of ether oxygens (including phenoxy) is 4. The van der Waals surface area contributed by atoms with E-state index in [1.165, 1.54) is 14.2 Å². The first-order valence-corrected chi connectivity index (χ1v) is 8.22. The third-order valence-corrected chi connectivity index (χ3v) is 3.94. The summed E-state index contributed by atoms with van der Waals surface area (Å²) in [6, 6.07) is 16.4. The lowest BCUT2D eigenvalue weighted by atomic mass is 10.1. The Labute approximate surface area is 156 Å². The van der Waals surface area contributed by atoms with Crippen LogP contribution in [0.5, 0.6) is 11.5 Å². The number of carbonyl (C=O) groups excluding carboxylic acids is 2. The largest absolute Gasteiger partial charge is 0.466 e. The van der Waals surface area contributed by atoms with E-state index in [0.717, 1.165) is 0 Å². The minimum atomic E-state index is -0.645. The summed E-state index contributed by atoms with van der Waals surface area (Å²) in [5, 5.41) is 0. The first kappa shape index (κ1) is 18.5. The molecule has 0 amide bonds. The highest BCUT2D eigenvalue weighted by Gasteiger charge is 2.32. The number of hydrogen-bond donors (Lipinski definition) is 0. The molecule has 0 aliphatic carbocycles. The van der Waals surface area contributed by atoms with Gasteiger partial charge in [0.2, 0.25) is 0 Å². The van der Waals surface area contributed by atoms with Gasteiger partial charge in [-0.3, -0.25) is 0 Å². The number of rotatable bonds is 5. The summed E-state index contributed by atoms with van der Waals surface area (Å²) in [4.78, 5) is 26.0. The van der Waals surface area contributed by atoms with Gasteiger partial charge in [-0.25, -0.2) is 9.59 Å². The molecule has 3 rings (SSSR count). The van der Waals surface area contributed by atoms with Gasteiger partial charge < -0.3 is 23.8 Å². The van der Waals surface area contributed by atoms with Crippen molar-refractivity contribution in [2.75, 3.05) is 32.5 Å². The number of methoxy groups -OCH3 is 2. The summed E-state index contributed by atoms with van der Waals surface area (Å²) in [6.45, 7) is 0.0491. The molecular weight excluding hydrogens is 350 g/mol. The van der Waals surface area contributed by atoms with Gasteiger partial charge in [0.1, 0.15) is 23.9 Å². The van der Waals surface area contributed by atoms with Crippen molar-refractivity contribution >= 4 is 17.6 Å². The van der Waals surface area contributed by atoms with E-state index in [2.05, 4.69) is 0 Å². The molecule has 0 radical (unpaired) electrons. The maximum Gasteiger partial charge on any atom is 0.355 e. The van der Waals surface area contributed by atoms with Crippen molar-refractivity contribution in [3.8, 4) is 11.5 Å². The molecular formula is C20H19NO6. The fourth-order valence-electron chi connectivity index (χ4n) is 2.69. The van der Waals surface area contributed by atoms with Gasteiger partial charge in [0.15, 0.2) is 0 Å². The fourth-order valence-corrected chi connectivity index (χ4v) is 2.69. The van der Waals surface area contributed by atoms with E-state index < -0.39 is 11.9 Å². The Bertz CT molecular complexity index is 862. The Morgan fingerprint density at radius 3 is 2.33 bits per heavy atom. The van der Waals surface area contributed by atoms with Gasteiger partial charge in [-0.15, -0.1) is 0 Å². The monoisotopic (exact) mass is 369 g/mol. The van der Waals surface area contributed by atoms with E-state index in [0.29, 0.717) is 17.2 Å². The van der Waals surface area contributed by atoms with Crippen LogP contribution >= 0.6 is 0 Å². The highest BCUT2D eigenvalue weighted by Crippen LogP contribution is 2.30. The first-order chi connectivity index (χ1) is 13.1. The molecule has 1 aliphatic heterocycles. The fraction of sp³-hybridized carbons (Fsp3) is 0.200. The van der Waals surface area contributed by atoms with Crippen LogP contribution in [0.1, 0.15) is 0 Å². The third-order valence-electron chi connectivity index (χ3n) is 3.94. The van der Waals surface area contributed by atoms with Crippen LogP contribution in [-0.4, -0.2) is 39.5 Å². The van der Waals surface area contributed by atoms with Crippen molar-refractivity contribution in [2.45, 2.75) is 0 Å². The quantitative estimate of drug-likeness (QED) is 0.750. The second-order valence-electron chi connectivity index (χ2n) is 5.63. The van der Waals surface area contributed by atoms with Crippen molar-refractivity contribution in [2.24, 2.45) is 0 Å². The molecule has 7 nitrogen and oxygen atoms in total. The molecule has 0 saturated carbocycles. The Balaban J connectivity index is 1.97. The van der Waals surface area contributed by atoms with Crippen LogP contribution in [0.3, 0.4) is 0 Å². The van der Waals surface area contributed by atoms with E-state index in [4.69, 9.17) is 18.9 Å². The number of anilines is 1. The van der Waals surface area contributed by atoms with Crippen molar-refractivity contribution in [3.63, 3.8) is 0 Å². The van der Waals surface area contributed by atoms with Gasteiger partial charge in [-0.1, -0.05) is 24.3 Å². The topological polar surface area (TPSA) is 74.3 Å². The molecule has 140 valence electrons. The SMILES string of the molecule is COC(=O)C1=C(C(=O)OC)N(c2cccc(Oc3ccccc3)c2)COC1. The van der Waals surface area contributed by atoms with Crippen molar-refractivity contribution < 1.29 is 28.5 Å². The minimum absolute atomic E-state index is 0.0339. The van der Waals surface area contributed by atoms with Crippen LogP contribution < -0.4 is 9.64 Å². The summed E-state index contributed by atoms with van der Waals surface area (Å²) in [6.07, 6.45) is 0. The lowest BCUT2D eigenvalue weighted by Crippen LogP contribution is -2.38. The van der Waals surface area contributed by atoms with Crippen LogP contribution in [0.25, 0.3) is 0 Å². The van der Waals surface area contributed by atoms with Crippen molar-refractivity contribution in [3.05, 3.63) is 65.9 Å². The van der Waals surface area contributed by atoms with Crippen molar-refractivity contribution in [1.82, 2.24) is 0 Å². The average Bonchev–Trinajstić information content (AvgIpc) is 2.73.